The van der Waals surface area contributed by atoms with E-state index in [0.717, 1.165) is 22.0 Å². The number of benzene rings is 3. The molecule has 2 amide bonds. The number of H-pyrrole nitrogens is 1. The zero-order chi connectivity index (χ0) is 24.1. The molecule has 170 valence electrons. The van der Waals surface area contributed by atoms with Gasteiger partial charge < -0.3 is 20.7 Å². The highest BCUT2D eigenvalue weighted by atomic mass is 16.4. The molecule has 0 aliphatic carbocycles. The molecule has 8 heteroatoms. The number of carbonyl (C=O) groups is 3. The summed E-state index contributed by atoms with van der Waals surface area (Å²) in [5.74, 6) is -2.12. The summed E-state index contributed by atoms with van der Waals surface area (Å²) in [6, 6.07) is 17.9. The Bertz CT molecular complexity index is 1410. The minimum Gasteiger partial charge on any atom is -0.478 e. The molecule has 4 rings (SSSR count). The zero-order valence-corrected chi connectivity index (χ0v) is 18.3. The van der Waals surface area contributed by atoms with Gasteiger partial charge in [0.1, 0.15) is 0 Å². The van der Waals surface area contributed by atoms with Crippen molar-refractivity contribution in [2.45, 2.75) is 13.5 Å². The Balaban J connectivity index is 1.53. The van der Waals surface area contributed by atoms with Gasteiger partial charge >= 0.3 is 5.97 Å². The van der Waals surface area contributed by atoms with Gasteiger partial charge in [-0.15, -0.1) is 0 Å². The van der Waals surface area contributed by atoms with Gasteiger partial charge in [0.05, 0.1) is 29.8 Å². The number of amides is 2. The maximum absolute atomic E-state index is 12.7. The minimum absolute atomic E-state index is 0.0363. The zero-order valence-electron chi connectivity index (χ0n) is 18.3. The van der Waals surface area contributed by atoms with E-state index in [2.05, 4.69) is 20.6 Å². The van der Waals surface area contributed by atoms with Crippen molar-refractivity contribution in [3.8, 4) is 0 Å². The van der Waals surface area contributed by atoms with Crippen molar-refractivity contribution in [1.82, 2.24) is 15.3 Å². The molecule has 8 nitrogen and oxygen atoms in total. The maximum atomic E-state index is 12.7. The average Bonchev–Trinajstić information content (AvgIpc) is 3.35. The van der Waals surface area contributed by atoms with Gasteiger partial charge in [0.2, 0.25) is 5.91 Å². The van der Waals surface area contributed by atoms with Crippen LogP contribution in [0.5, 0.6) is 0 Å². The van der Waals surface area contributed by atoms with Gasteiger partial charge in [-0.25, -0.2) is 9.78 Å². The average molecular weight is 454 g/mol. The Morgan fingerprint density at radius 1 is 1.00 bits per heavy atom. The number of allylic oxidation sites excluding steroid dienone is 1. The second kappa shape index (κ2) is 9.83. The molecular weight excluding hydrogens is 432 g/mol. The third-order valence-electron chi connectivity index (χ3n) is 5.32. The summed E-state index contributed by atoms with van der Waals surface area (Å²) < 4.78 is 0. The fourth-order valence-electron chi connectivity index (χ4n) is 3.52. The SMILES string of the molecule is CC(=CC(=O)Nc1cc(C(=O)NCc2cnc[nH]2)ccc1C(=O)O)c1ccc2ccccc2c1. The first-order valence-corrected chi connectivity index (χ1v) is 10.5. The van der Waals surface area contributed by atoms with Crippen molar-refractivity contribution in [1.29, 1.82) is 0 Å². The first-order chi connectivity index (χ1) is 16.4. The molecule has 34 heavy (non-hydrogen) atoms. The van der Waals surface area contributed by atoms with Crippen LogP contribution in [0.15, 0.2) is 79.3 Å². The van der Waals surface area contributed by atoms with E-state index in [1.807, 2.05) is 42.5 Å². The number of carboxylic acid groups (broad SMARTS) is 1. The predicted octanol–water partition coefficient (Wildman–Crippen LogP) is 4.23. The first-order valence-electron chi connectivity index (χ1n) is 10.5. The summed E-state index contributed by atoms with van der Waals surface area (Å²) in [5.41, 5.74) is 2.45. The Morgan fingerprint density at radius 3 is 2.50 bits per heavy atom. The smallest absolute Gasteiger partial charge is 0.337 e. The van der Waals surface area contributed by atoms with E-state index in [-0.39, 0.29) is 23.4 Å². The van der Waals surface area contributed by atoms with Gasteiger partial charge in [0, 0.05) is 17.8 Å². The lowest BCUT2D eigenvalue weighted by Gasteiger charge is -2.11. The second-order valence-corrected chi connectivity index (χ2v) is 7.70. The number of hydrogen-bond donors (Lipinski definition) is 4. The van der Waals surface area contributed by atoms with Crippen molar-refractivity contribution in [3.05, 3.63) is 102 Å². The van der Waals surface area contributed by atoms with E-state index in [4.69, 9.17) is 0 Å². The van der Waals surface area contributed by atoms with Crippen molar-refractivity contribution < 1.29 is 19.5 Å². The normalized spacial score (nSPS) is 11.3. The molecule has 0 aliphatic rings. The van der Waals surface area contributed by atoms with Gasteiger partial charge in [0.25, 0.3) is 5.91 Å². The van der Waals surface area contributed by atoms with Gasteiger partial charge in [-0.1, -0.05) is 36.4 Å². The second-order valence-electron chi connectivity index (χ2n) is 7.70. The molecule has 1 aromatic heterocycles. The molecule has 0 aliphatic heterocycles. The summed E-state index contributed by atoms with van der Waals surface area (Å²) in [6.07, 6.45) is 4.49. The molecule has 0 spiro atoms. The van der Waals surface area contributed by atoms with Crippen molar-refractivity contribution in [2.24, 2.45) is 0 Å². The maximum Gasteiger partial charge on any atom is 0.337 e. The molecule has 4 N–H and O–H groups in total. The van der Waals surface area contributed by atoms with E-state index in [9.17, 15) is 19.5 Å². The summed E-state index contributed by atoms with van der Waals surface area (Å²) in [6.45, 7) is 2.04. The van der Waals surface area contributed by atoms with Crippen molar-refractivity contribution in [2.75, 3.05) is 5.32 Å². The number of hydrogen-bond acceptors (Lipinski definition) is 4. The lowest BCUT2D eigenvalue weighted by atomic mass is 10.0. The Labute approximate surface area is 195 Å². The lowest BCUT2D eigenvalue weighted by Crippen LogP contribution is -2.23. The van der Waals surface area contributed by atoms with Gasteiger partial charge in [-0.3, -0.25) is 9.59 Å². The standard InChI is InChI=1S/C26H22N4O4/c1-16(18-7-6-17-4-2-3-5-19(17)11-18)10-24(31)30-23-12-20(8-9-22(23)26(33)34)25(32)28-14-21-13-27-15-29-21/h2-13,15H,14H2,1H3,(H,27,29)(H,28,32)(H,30,31)(H,33,34). The molecule has 4 aromatic rings. The quantitative estimate of drug-likeness (QED) is 0.311. The molecule has 0 bridgehead atoms. The molecule has 1 heterocycles. The molecule has 0 fully saturated rings. The molecule has 0 saturated heterocycles. The van der Waals surface area contributed by atoms with E-state index in [0.29, 0.717) is 5.57 Å². The third kappa shape index (κ3) is 5.18. The summed E-state index contributed by atoms with van der Waals surface area (Å²) in [7, 11) is 0. The largest absolute Gasteiger partial charge is 0.478 e. The summed E-state index contributed by atoms with van der Waals surface area (Å²) >= 11 is 0. The number of nitrogens with zero attached hydrogens (tertiary/aromatic N) is 1. The topological polar surface area (TPSA) is 124 Å². The van der Waals surface area contributed by atoms with E-state index < -0.39 is 17.8 Å². The van der Waals surface area contributed by atoms with E-state index >= 15 is 0 Å². The number of rotatable bonds is 7. The highest BCUT2D eigenvalue weighted by molar-refractivity contribution is 6.08. The van der Waals surface area contributed by atoms with Crippen LogP contribution in [-0.2, 0) is 11.3 Å². The molecule has 0 unspecified atom stereocenters. The predicted molar refractivity (Wildman–Crippen MR) is 129 cm³/mol. The van der Waals surface area contributed by atoms with Crippen LogP contribution in [-0.4, -0.2) is 32.9 Å². The Morgan fingerprint density at radius 2 is 1.76 bits per heavy atom. The Hall–Kier alpha value is -4.72. The van der Waals surface area contributed by atoms with Crippen LogP contribution in [0.4, 0.5) is 5.69 Å². The lowest BCUT2D eigenvalue weighted by molar-refractivity contribution is -0.111. The van der Waals surface area contributed by atoms with Crippen molar-refractivity contribution in [3.63, 3.8) is 0 Å². The fourth-order valence-corrected chi connectivity index (χ4v) is 3.52. The molecule has 3 aromatic carbocycles. The van der Waals surface area contributed by atoms with Crippen LogP contribution in [0, 0.1) is 0 Å². The third-order valence-corrected chi connectivity index (χ3v) is 5.32. The number of nitrogens with one attached hydrogen (secondary N) is 3. The van der Waals surface area contributed by atoms with Crippen LogP contribution in [0.2, 0.25) is 0 Å². The Kier molecular flexibility index (Phi) is 6.49. The number of carbonyl (C=O) groups excluding carboxylic acids is 2. The highest BCUT2D eigenvalue weighted by Crippen LogP contribution is 2.22. The number of imidazole rings is 1. The monoisotopic (exact) mass is 454 g/mol. The molecule has 0 saturated carbocycles. The summed E-state index contributed by atoms with van der Waals surface area (Å²) in [4.78, 5) is 43.6. The van der Waals surface area contributed by atoms with Crippen LogP contribution in [0.3, 0.4) is 0 Å². The fraction of sp³-hybridized carbons (Fsp3) is 0.0769. The highest BCUT2D eigenvalue weighted by Gasteiger charge is 2.16. The number of carboxylic acids is 1. The van der Waals surface area contributed by atoms with E-state index in [1.54, 1.807) is 13.1 Å². The van der Waals surface area contributed by atoms with Gasteiger partial charge in [0.15, 0.2) is 0 Å². The van der Waals surface area contributed by atoms with E-state index in [1.165, 1.54) is 30.6 Å². The first kappa shape index (κ1) is 22.5. The van der Waals surface area contributed by atoms with Crippen LogP contribution in [0.25, 0.3) is 16.3 Å². The van der Waals surface area contributed by atoms with Crippen LogP contribution >= 0.6 is 0 Å². The number of fused-ring (bicyclic) bond motifs is 1. The molecule has 0 radical (unpaired) electrons. The molecular formula is C26H22N4O4. The van der Waals surface area contributed by atoms with Crippen LogP contribution < -0.4 is 10.6 Å². The number of aromatic carboxylic acids is 1. The van der Waals surface area contributed by atoms with Gasteiger partial charge in [-0.2, -0.15) is 0 Å². The van der Waals surface area contributed by atoms with Gasteiger partial charge in [-0.05, 0) is 53.1 Å². The minimum atomic E-state index is -1.21. The van der Waals surface area contributed by atoms with Crippen LogP contribution in [0.1, 0.15) is 38.9 Å². The van der Waals surface area contributed by atoms with Crippen molar-refractivity contribution >= 4 is 39.8 Å². The number of aromatic nitrogens is 2. The molecule has 0 atom stereocenters. The number of aromatic amines is 1. The number of anilines is 1. The summed E-state index contributed by atoms with van der Waals surface area (Å²) in [5, 5.41) is 17.0.